The molecule has 0 bridgehead atoms. The lowest BCUT2D eigenvalue weighted by Crippen LogP contribution is -2.49. The molecule has 4 rings (SSSR count). The Hall–Kier alpha value is -2.56. The lowest BCUT2D eigenvalue weighted by atomic mass is 10.2. The zero-order valence-electron chi connectivity index (χ0n) is 16.7. The first kappa shape index (κ1) is 21.7. The summed E-state index contributed by atoms with van der Waals surface area (Å²) in [7, 11) is -3.74. The number of sulfonamides is 1. The van der Waals surface area contributed by atoms with Crippen molar-refractivity contribution in [2.24, 2.45) is 0 Å². The molecule has 8 nitrogen and oxygen atoms in total. The number of benzene rings is 1. The van der Waals surface area contributed by atoms with E-state index in [1.54, 1.807) is 47.6 Å². The number of pyridine rings is 2. The summed E-state index contributed by atoms with van der Waals surface area (Å²) >= 11 is 3.38. The molecule has 3 aromatic rings. The second kappa shape index (κ2) is 9.29. The number of piperazine rings is 1. The van der Waals surface area contributed by atoms with E-state index >= 15 is 0 Å². The molecular formula is C21H22BrN5O3S. The third kappa shape index (κ3) is 5.03. The first-order valence-corrected chi connectivity index (χ1v) is 12.2. The number of carbonyl (C=O) groups is 1. The van der Waals surface area contributed by atoms with Crippen molar-refractivity contribution in [3.8, 4) is 0 Å². The maximum Gasteiger partial charge on any atom is 0.241 e. The molecule has 2 aromatic heterocycles. The Morgan fingerprint density at radius 1 is 1.03 bits per heavy atom. The second-order valence-corrected chi connectivity index (χ2v) is 9.83. The molecule has 1 amide bonds. The molecule has 3 heterocycles. The summed E-state index contributed by atoms with van der Waals surface area (Å²) < 4.78 is 29.0. The summed E-state index contributed by atoms with van der Waals surface area (Å²) in [6.07, 6.45) is 3.49. The largest absolute Gasteiger partial charge is 0.353 e. The molecule has 1 fully saturated rings. The smallest absolute Gasteiger partial charge is 0.241 e. The van der Waals surface area contributed by atoms with Gasteiger partial charge < -0.3 is 9.80 Å². The van der Waals surface area contributed by atoms with Crippen LogP contribution < -0.4 is 9.62 Å². The fourth-order valence-corrected chi connectivity index (χ4v) is 5.06. The highest BCUT2D eigenvalue weighted by atomic mass is 79.9. The number of nitrogens with one attached hydrogen (secondary N) is 1. The Bertz CT molecular complexity index is 1170. The molecule has 1 aliphatic heterocycles. The number of anilines is 1. The van der Waals surface area contributed by atoms with Crippen LogP contribution in [0.4, 0.5) is 5.82 Å². The Labute approximate surface area is 189 Å². The molecular weight excluding hydrogens is 482 g/mol. The summed E-state index contributed by atoms with van der Waals surface area (Å²) in [4.78, 5) is 25.2. The SMILES string of the molecule is O=C(CCNS(=O)(=O)c1cccc2ncccc12)N1CCN(c2ccc(Br)cn2)CC1. The van der Waals surface area contributed by atoms with Gasteiger partial charge in [0.15, 0.2) is 0 Å². The number of carbonyl (C=O) groups excluding carboxylic acids is 1. The topological polar surface area (TPSA) is 95.5 Å². The van der Waals surface area contributed by atoms with Gasteiger partial charge in [0.1, 0.15) is 5.82 Å². The summed E-state index contributed by atoms with van der Waals surface area (Å²) in [5.41, 5.74) is 0.611. The number of aromatic nitrogens is 2. The van der Waals surface area contributed by atoms with Gasteiger partial charge in [-0.05, 0) is 52.3 Å². The van der Waals surface area contributed by atoms with Crippen LogP contribution in [0.1, 0.15) is 6.42 Å². The van der Waals surface area contributed by atoms with Crippen LogP contribution in [0.5, 0.6) is 0 Å². The number of hydrogen-bond donors (Lipinski definition) is 1. The van der Waals surface area contributed by atoms with Crippen LogP contribution >= 0.6 is 15.9 Å². The summed E-state index contributed by atoms with van der Waals surface area (Å²) in [6.45, 7) is 2.59. The number of hydrogen-bond acceptors (Lipinski definition) is 6. The monoisotopic (exact) mass is 503 g/mol. The molecule has 0 unspecified atom stereocenters. The number of rotatable bonds is 6. The van der Waals surface area contributed by atoms with Crippen molar-refractivity contribution in [2.75, 3.05) is 37.6 Å². The fraction of sp³-hybridized carbons (Fsp3) is 0.286. The predicted octanol–water partition coefficient (Wildman–Crippen LogP) is 2.41. The normalized spacial score (nSPS) is 14.7. The van der Waals surface area contributed by atoms with Crippen molar-refractivity contribution >= 4 is 48.6 Å². The first-order chi connectivity index (χ1) is 14.9. The highest BCUT2D eigenvalue weighted by Crippen LogP contribution is 2.21. The van der Waals surface area contributed by atoms with Gasteiger partial charge in [-0.2, -0.15) is 0 Å². The summed E-state index contributed by atoms with van der Waals surface area (Å²) in [5.74, 6) is 0.818. The Kier molecular flexibility index (Phi) is 6.49. The predicted molar refractivity (Wildman–Crippen MR) is 122 cm³/mol. The van der Waals surface area contributed by atoms with Gasteiger partial charge in [0.25, 0.3) is 0 Å². The van der Waals surface area contributed by atoms with Crippen molar-refractivity contribution in [1.82, 2.24) is 19.6 Å². The van der Waals surface area contributed by atoms with E-state index in [0.717, 1.165) is 10.3 Å². The van der Waals surface area contributed by atoms with Gasteiger partial charge in [-0.1, -0.05) is 6.07 Å². The maximum atomic E-state index is 12.7. The molecule has 0 aliphatic carbocycles. The van der Waals surface area contributed by atoms with E-state index in [2.05, 4.69) is 35.5 Å². The van der Waals surface area contributed by atoms with E-state index in [1.165, 1.54) is 0 Å². The summed E-state index contributed by atoms with van der Waals surface area (Å²) in [6, 6.07) is 12.3. The molecule has 1 N–H and O–H groups in total. The van der Waals surface area contributed by atoms with Crippen molar-refractivity contribution < 1.29 is 13.2 Å². The average Bonchev–Trinajstić information content (AvgIpc) is 2.79. The van der Waals surface area contributed by atoms with Gasteiger partial charge in [-0.3, -0.25) is 9.78 Å². The van der Waals surface area contributed by atoms with Gasteiger partial charge in [-0.25, -0.2) is 18.1 Å². The molecule has 0 radical (unpaired) electrons. The van der Waals surface area contributed by atoms with Crippen molar-refractivity contribution in [3.63, 3.8) is 0 Å². The second-order valence-electron chi connectivity index (χ2n) is 7.18. The minimum atomic E-state index is -3.74. The van der Waals surface area contributed by atoms with Crippen LogP contribution in [0.2, 0.25) is 0 Å². The molecule has 0 spiro atoms. The van der Waals surface area contributed by atoms with Crippen molar-refractivity contribution in [3.05, 3.63) is 59.3 Å². The Morgan fingerprint density at radius 3 is 2.58 bits per heavy atom. The number of nitrogens with zero attached hydrogens (tertiary/aromatic N) is 4. The number of halogens is 1. The van der Waals surface area contributed by atoms with Gasteiger partial charge in [0.05, 0.1) is 10.4 Å². The molecule has 1 saturated heterocycles. The van der Waals surface area contributed by atoms with Crippen LogP contribution in [0.25, 0.3) is 10.9 Å². The van der Waals surface area contributed by atoms with E-state index in [-0.39, 0.29) is 23.8 Å². The Morgan fingerprint density at radius 2 is 1.84 bits per heavy atom. The lowest BCUT2D eigenvalue weighted by molar-refractivity contribution is -0.131. The highest BCUT2D eigenvalue weighted by Gasteiger charge is 2.23. The Balaban J connectivity index is 1.30. The lowest BCUT2D eigenvalue weighted by Gasteiger charge is -2.35. The number of fused-ring (bicyclic) bond motifs is 1. The van der Waals surface area contributed by atoms with Crippen LogP contribution in [-0.4, -0.2) is 61.9 Å². The zero-order chi connectivity index (χ0) is 21.8. The molecule has 1 aromatic carbocycles. The average molecular weight is 504 g/mol. The van der Waals surface area contributed by atoms with Gasteiger partial charge in [-0.15, -0.1) is 0 Å². The quantitative estimate of drug-likeness (QED) is 0.554. The van der Waals surface area contributed by atoms with Gasteiger partial charge in [0, 0.05) is 61.4 Å². The minimum absolute atomic E-state index is 0.0479. The van der Waals surface area contributed by atoms with E-state index in [9.17, 15) is 13.2 Å². The third-order valence-electron chi connectivity index (χ3n) is 5.19. The molecule has 10 heteroatoms. The van der Waals surface area contributed by atoms with E-state index in [1.807, 2.05) is 12.1 Å². The van der Waals surface area contributed by atoms with E-state index in [0.29, 0.717) is 37.1 Å². The molecule has 0 atom stereocenters. The van der Waals surface area contributed by atoms with E-state index in [4.69, 9.17) is 0 Å². The first-order valence-electron chi connectivity index (χ1n) is 9.92. The third-order valence-corrected chi connectivity index (χ3v) is 7.18. The van der Waals surface area contributed by atoms with Crippen LogP contribution in [0.15, 0.2) is 64.2 Å². The van der Waals surface area contributed by atoms with Gasteiger partial charge >= 0.3 is 0 Å². The number of amides is 1. The standard InChI is InChI=1S/C21H22BrN5O3S/c22-16-6-7-20(24-15-16)26-11-13-27(14-12-26)21(28)8-10-25-31(29,30)19-5-1-4-18-17(19)3-2-9-23-18/h1-7,9,15,25H,8,10-14H2. The maximum absolute atomic E-state index is 12.7. The minimum Gasteiger partial charge on any atom is -0.353 e. The molecule has 1 aliphatic rings. The van der Waals surface area contributed by atoms with Crippen molar-refractivity contribution in [1.29, 1.82) is 0 Å². The van der Waals surface area contributed by atoms with Crippen molar-refractivity contribution in [2.45, 2.75) is 11.3 Å². The van der Waals surface area contributed by atoms with Crippen LogP contribution in [0.3, 0.4) is 0 Å². The molecule has 31 heavy (non-hydrogen) atoms. The van der Waals surface area contributed by atoms with Crippen LogP contribution in [-0.2, 0) is 14.8 Å². The summed E-state index contributed by atoms with van der Waals surface area (Å²) in [5, 5.41) is 0.557. The zero-order valence-corrected chi connectivity index (χ0v) is 19.1. The molecule has 162 valence electrons. The van der Waals surface area contributed by atoms with Gasteiger partial charge in [0.2, 0.25) is 15.9 Å². The highest BCUT2D eigenvalue weighted by molar-refractivity contribution is 9.10. The van der Waals surface area contributed by atoms with E-state index < -0.39 is 10.0 Å². The fourth-order valence-electron chi connectivity index (χ4n) is 3.58. The molecule has 0 saturated carbocycles. The van der Waals surface area contributed by atoms with Crippen LogP contribution in [0, 0.1) is 0 Å².